The van der Waals surface area contributed by atoms with Gasteiger partial charge in [0, 0.05) is 13.1 Å². The number of sulfonamides is 1. The fourth-order valence-corrected chi connectivity index (χ4v) is 3.14. The van der Waals surface area contributed by atoms with Crippen molar-refractivity contribution in [2.75, 3.05) is 26.7 Å². The molecule has 0 aliphatic heterocycles. The van der Waals surface area contributed by atoms with Crippen LogP contribution >= 0.6 is 0 Å². The Hall–Kier alpha value is -1.16. The highest BCUT2D eigenvalue weighted by molar-refractivity contribution is 7.89. The molecule has 2 N–H and O–H groups in total. The minimum Gasteiger partial charge on any atom is -0.395 e. The van der Waals surface area contributed by atoms with Crippen molar-refractivity contribution in [2.24, 2.45) is 0 Å². The molecular formula is C12H17F3N2O3S. The Labute approximate surface area is 121 Å². The third-order valence-corrected chi connectivity index (χ3v) is 4.51. The Morgan fingerprint density at radius 1 is 1.24 bits per heavy atom. The van der Waals surface area contributed by atoms with E-state index in [1.54, 1.807) is 7.05 Å². The number of halogens is 3. The Kier molecular flexibility index (Phi) is 6.14. The van der Waals surface area contributed by atoms with Gasteiger partial charge in [-0.25, -0.2) is 8.42 Å². The monoisotopic (exact) mass is 326 g/mol. The lowest BCUT2D eigenvalue weighted by Crippen LogP contribution is -2.40. The molecule has 21 heavy (non-hydrogen) atoms. The molecule has 0 aromatic heterocycles. The van der Waals surface area contributed by atoms with E-state index in [0.29, 0.717) is 6.54 Å². The normalized spacial score (nSPS) is 12.9. The standard InChI is InChI=1S/C12H17F3N2O3S/c1-16-8-10-2-4-11(5-3-10)21(19,20)17(6-7-18)9-12(13,14)15/h2-5,16,18H,6-9H2,1H3. The molecule has 0 bridgehead atoms. The van der Waals surface area contributed by atoms with Gasteiger partial charge in [0.05, 0.1) is 11.5 Å². The highest BCUT2D eigenvalue weighted by atomic mass is 32.2. The molecule has 0 aliphatic carbocycles. The van der Waals surface area contributed by atoms with E-state index in [9.17, 15) is 21.6 Å². The minimum atomic E-state index is -4.67. The maximum absolute atomic E-state index is 12.4. The van der Waals surface area contributed by atoms with E-state index in [0.717, 1.165) is 5.56 Å². The summed E-state index contributed by atoms with van der Waals surface area (Å²) < 4.78 is 61.9. The molecule has 0 saturated carbocycles. The van der Waals surface area contributed by atoms with E-state index in [-0.39, 0.29) is 9.20 Å². The second-order valence-corrected chi connectivity index (χ2v) is 6.29. The molecule has 0 aliphatic rings. The van der Waals surface area contributed by atoms with E-state index in [4.69, 9.17) is 5.11 Å². The van der Waals surface area contributed by atoms with Crippen LogP contribution in [-0.4, -0.2) is 50.7 Å². The summed E-state index contributed by atoms with van der Waals surface area (Å²) in [5.41, 5.74) is 0.806. The van der Waals surface area contributed by atoms with Crippen LogP contribution in [0.1, 0.15) is 5.56 Å². The van der Waals surface area contributed by atoms with E-state index >= 15 is 0 Å². The van der Waals surface area contributed by atoms with E-state index in [2.05, 4.69) is 5.32 Å². The third-order valence-electron chi connectivity index (χ3n) is 2.65. The van der Waals surface area contributed by atoms with Crippen LogP contribution in [0, 0.1) is 0 Å². The van der Waals surface area contributed by atoms with Crippen molar-refractivity contribution in [1.29, 1.82) is 0 Å². The largest absolute Gasteiger partial charge is 0.402 e. The summed E-state index contributed by atoms with van der Waals surface area (Å²) in [6.07, 6.45) is -4.67. The number of hydrogen-bond acceptors (Lipinski definition) is 4. The zero-order valence-corrected chi connectivity index (χ0v) is 12.2. The highest BCUT2D eigenvalue weighted by Gasteiger charge is 2.36. The smallest absolute Gasteiger partial charge is 0.395 e. The summed E-state index contributed by atoms with van der Waals surface area (Å²) in [4.78, 5) is -0.236. The van der Waals surface area contributed by atoms with Crippen molar-refractivity contribution in [3.63, 3.8) is 0 Å². The lowest BCUT2D eigenvalue weighted by atomic mass is 10.2. The first-order valence-electron chi connectivity index (χ1n) is 6.12. The third kappa shape index (κ3) is 5.27. The van der Waals surface area contributed by atoms with Gasteiger partial charge in [-0.2, -0.15) is 17.5 Å². The molecule has 120 valence electrons. The van der Waals surface area contributed by atoms with Gasteiger partial charge in [-0.05, 0) is 24.7 Å². The predicted molar refractivity (Wildman–Crippen MR) is 71.1 cm³/mol. The quantitative estimate of drug-likeness (QED) is 0.783. The first-order valence-corrected chi connectivity index (χ1v) is 7.56. The van der Waals surface area contributed by atoms with E-state index < -0.39 is 35.9 Å². The SMILES string of the molecule is CNCc1ccc(S(=O)(=O)N(CCO)CC(F)(F)F)cc1. The Morgan fingerprint density at radius 2 is 1.81 bits per heavy atom. The molecule has 0 spiro atoms. The van der Waals surface area contributed by atoms with Crippen molar-refractivity contribution in [3.8, 4) is 0 Å². The van der Waals surface area contributed by atoms with Crippen molar-refractivity contribution in [3.05, 3.63) is 29.8 Å². The first kappa shape index (κ1) is 17.9. The number of benzene rings is 1. The van der Waals surface area contributed by atoms with Crippen LogP contribution in [0.15, 0.2) is 29.2 Å². The number of aliphatic hydroxyl groups is 1. The maximum atomic E-state index is 12.4. The molecule has 0 amide bonds. The topological polar surface area (TPSA) is 69.6 Å². The zero-order chi connectivity index (χ0) is 16.1. The van der Waals surface area contributed by atoms with Crippen LogP contribution in [0.25, 0.3) is 0 Å². The number of nitrogens with zero attached hydrogens (tertiary/aromatic N) is 1. The van der Waals surface area contributed by atoms with Crippen molar-refractivity contribution in [1.82, 2.24) is 9.62 Å². The van der Waals surface area contributed by atoms with Gasteiger partial charge in [0.25, 0.3) is 0 Å². The molecule has 0 fully saturated rings. The summed E-state index contributed by atoms with van der Waals surface area (Å²) in [5.74, 6) is 0. The van der Waals surface area contributed by atoms with Gasteiger partial charge in [-0.3, -0.25) is 0 Å². The summed E-state index contributed by atoms with van der Waals surface area (Å²) in [7, 11) is -2.58. The molecule has 0 saturated heterocycles. The number of alkyl halides is 3. The van der Waals surface area contributed by atoms with Gasteiger partial charge in [0.1, 0.15) is 6.54 Å². The lowest BCUT2D eigenvalue weighted by Gasteiger charge is -2.22. The molecule has 0 atom stereocenters. The average molecular weight is 326 g/mol. The molecule has 1 rings (SSSR count). The molecule has 0 unspecified atom stereocenters. The van der Waals surface area contributed by atoms with Crippen LogP contribution in [0.5, 0.6) is 0 Å². The number of aliphatic hydroxyl groups excluding tert-OH is 1. The minimum absolute atomic E-state index is 0.222. The molecular weight excluding hydrogens is 309 g/mol. The summed E-state index contributed by atoms with van der Waals surface area (Å²) in [6.45, 7) is -2.41. The second-order valence-electron chi connectivity index (χ2n) is 4.35. The van der Waals surface area contributed by atoms with Crippen molar-refractivity contribution < 1.29 is 26.7 Å². The number of hydrogen-bond donors (Lipinski definition) is 2. The Balaban J connectivity index is 3.04. The van der Waals surface area contributed by atoms with Gasteiger partial charge in [0.15, 0.2) is 0 Å². The first-order chi connectivity index (χ1) is 9.70. The van der Waals surface area contributed by atoms with Gasteiger partial charge in [0.2, 0.25) is 10.0 Å². The Bertz CT molecular complexity index is 544. The fourth-order valence-electron chi connectivity index (χ4n) is 1.73. The van der Waals surface area contributed by atoms with Crippen molar-refractivity contribution >= 4 is 10.0 Å². The van der Waals surface area contributed by atoms with Crippen LogP contribution in [0.2, 0.25) is 0 Å². The molecule has 0 heterocycles. The van der Waals surface area contributed by atoms with Crippen LogP contribution in [0.3, 0.4) is 0 Å². The second kappa shape index (κ2) is 7.21. The zero-order valence-electron chi connectivity index (χ0n) is 11.4. The van der Waals surface area contributed by atoms with E-state index in [1.807, 2.05) is 0 Å². The van der Waals surface area contributed by atoms with Crippen molar-refractivity contribution in [2.45, 2.75) is 17.6 Å². The summed E-state index contributed by atoms with van der Waals surface area (Å²) in [5, 5.41) is 11.7. The molecule has 0 radical (unpaired) electrons. The summed E-state index contributed by atoms with van der Waals surface area (Å²) in [6, 6.07) is 5.55. The lowest BCUT2D eigenvalue weighted by molar-refractivity contribution is -0.136. The maximum Gasteiger partial charge on any atom is 0.402 e. The molecule has 5 nitrogen and oxygen atoms in total. The highest BCUT2D eigenvalue weighted by Crippen LogP contribution is 2.22. The molecule has 1 aromatic carbocycles. The Morgan fingerprint density at radius 3 is 2.24 bits per heavy atom. The molecule has 1 aromatic rings. The van der Waals surface area contributed by atoms with Crippen LogP contribution in [-0.2, 0) is 16.6 Å². The van der Waals surface area contributed by atoms with Gasteiger partial charge < -0.3 is 10.4 Å². The van der Waals surface area contributed by atoms with Crippen LogP contribution in [0.4, 0.5) is 13.2 Å². The summed E-state index contributed by atoms with van der Waals surface area (Å²) >= 11 is 0. The van der Waals surface area contributed by atoms with Gasteiger partial charge in [-0.15, -0.1) is 0 Å². The predicted octanol–water partition coefficient (Wildman–Crippen LogP) is 0.951. The number of nitrogens with one attached hydrogen (secondary N) is 1. The molecule has 9 heteroatoms. The van der Waals surface area contributed by atoms with Crippen LogP contribution < -0.4 is 5.32 Å². The average Bonchev–Trinajstić information content (AvgIpc) is 2.38. The fraction of sp³-hybridized carbons (Fsp3) is 0.500. The van der Waals surface area contributed by atoms with Gasteiger partial charge >= 0.3 is 6.18 Å². The van der Waals surface area contributed by atoms with Gasteiger partial charge in [-0.1, -0.05) is 12.1 Å². The van der Waals surface area contributed by atoms with E-state index in [1.165, 1.54) is 24.3 Å². The number of rotatable bonds is 7.